The van der Waals surface area contributed by atoms with E-state index in [-0.39, 0.29) is 12.4 Å². The first-order valence-corrected chi connectivity index (χ1v) is 12.7. The number of aliphatic carboxylic acids is 1. The first-order chi connectivity index (χ1) is 17.4. The van der Waals surface area contributed by atoms with E-state index in [2.05, 4.69) is 30.3 Å². The van der Waals surface area contributed by atoms with Crippen LogP contribution in [0, 0.1) is 12.7 Å². The van der Waals surface area contributed by atoms with Crippen LogP contribution in [0.4, 0.5) is 4.39 Å². The molecule has 0 aliphatic carbocycles. The lowest BCUT2D eigenvalue weighted by molar-refractivity contribution is -0.139. The Morgan fingerprint density at radius 1 is 0.917 bits per heavy atom. The number of carbonyl (C=O) groups is 1. The zero-order valence-corrected chi connectivity index (χ0v) is 21.2. The Morgan fingerprint density at radius 2 is 1.50 bits per heavy atom. The van der Waals surface area contributed by atoms with Crippen molar-refractivity contribution < 1.29 is 19.0 Å². The second kappa shape index (κ2) is 11.9. The highest BCUT2D eigenvalue weighted by molar-refractivity contribution is 7.99. The van der Waals surface area contributed by atoms with E-state index in [1.54, 1.807) is 30.0 Å². The number of benzene rings is 4. The molecule has 0 bridgehead atoms. The van der Waals surface area contributed by atoms with Crippen LogP contribution >= 0.6 is 23.4 Å². The second-order valence-corrected chi connectivity index (χ2v) is 9.66. The fourth-order valence-corrected chi connectivity index (χ4v) is 4.74. The van der Waals surface area contributed by atoms with Gasteiger partial charge in [-0.3, -0.25) is 0 Å². The van der Waals surface area contributed by atoms with Crippen molar-refractivity contribution in [3.8, 4) is 16.9 Å². The lowest BCUT2D eigenvalue weighted by Crippen LogP contribution is -2.09. The quantitative estimate of drug-likeness (QED) is 0.227. The molecule has 0 aliphatic heterocycles. The van der Waals surface area contributed by atoms with Crippen molar-refractivity contribution in [3.63, 3.8) is 0 Å². The van der Waals surface area contributed by atoms with Crippen LogP contribution in [-0.4, -0.2) is 23.4 Å². The van der Waals surface area contributed by atoms with E-state index in [4.69, 9.17) is 21.4 Å². The molecule has 4 rings (SSSR count). The third-order valence-electron chi connectivity index (χ3n) is 5.56. The van der Waals surface area contributed by atoms with Crippen LogP contribution in [0.1, 0.15) is 16.7 Å². The molecule has 3 nitrogen and oxygen atoms in total. The molecule has 182 valence electrons. The molecule has 4 aromatic rings. The maximum Gasteiger partial charge on any atom is 0.341 e. The van der Waals surface area contributed by atoms with Crippen molar-refractivity contribution in [2.45, 2.75) is 11.8 Å². The van der Waals surface area contributed by atoms with Crippen LogP contribution in [-0.2, 0) is 4.79 Å². The summed E-state index contributed by atoms with van der Waals surface area (Å²) in [5, 5.41) is 9.51. The van der Waals surface area contributed by atoms with Crippen LogP contribution in [0.15, 0.2) is 102 Å². The maximum absolute atomic E-state index is 13.6. The minimum Gasteiger partial charge on any atom is -0.482 e. The van der Waals surface area contributed by atoms with Gasteiger partial charge in [-0.15, -0.1) is 11.8 Å². The topological polar surface area (TPSA) is 46.5 Å². The van der Waals surface area contributed by atoms with Gasteiger partial charge in [0.15, 0.2) is 6.61 Å². The number of rotatable bonds is 9. The highest BCUT2D eigenvalue weighted by Gasteiger charge is 2.08. The Balaban J connectivity index is 1.55. The number of carboxylic acid groups (broad SMARTS) is 1. The molecule has 0 heterocycles. The fraction of sp³-hybridized carbons (Fsp3) is 0.100. The Kier molecular flexibility index (Phi) is 8.47. The summed E-state index contributed by atoms with van der Waals surface area (Å²) in [4.78, 5) is 11.8. The standard InChI is InChI=1S/C30H24ClFO3S/c1-20-18-27(14-15-29(20)35-19-30(33)34)36-17-16-28(24-8-12-26(32)13-9-24)23-4-2-21(3-5-23)22-6-10-25(31)11-7-22/h2-16,18H,17,19H2,1H3,(H,33,34). The summed E-state index contributed by atoms with van der Waals surface area (Å²) in [5.74, 6) is -0.0238. The van der Waals surface area contributed by atoms with Crippen molar-refractivity contribution in [2.24, 2.45) is 0 Å². The molecule has 4 aromatic carbocycles. The number of aryl methyl sites for hydroxylation is 1. The van der Waals surface area contributed by atoms with Gasteiger partial charge in [-0.05, 0) is 82.8 Å². The monoisotopic (exact) mass is 518 g/mol. The Labute approximate surface area is 219 Å². The lowest BCUT2D eigenvalue weighted by atomic mass is 9.95. The van der Waals surface area contributed by atoms with Crippen LogP contribution in [0.3, 0.4) is 0 Å². The van der Waals surface area contributed by atoms with E-state index < -0.39 is 5.97 Å². The minimum absolute atomic E-state index is 0.272. The van der Waals surface area contributed by atoms with Gasteiger partial charge in [0.2, 0.25) is 0 Å². The van der Waals surface area contributed by atoms with Crippen LogP contribution < -0.4 is 4.74 Å². The van der Waals surface area contributed by atoms with E-state index >= 15 is 0 Å². The smallest absolute Gasteiger partial charge is 0.341 e. The summed E-state index contributed by atoms with van der Waals surface area (Å²) in [5.41, 5.74) is 6.03. The van der Waals surface area contributed by atoms with Gasteiger partial charge in [0, 0.05) is 15.7 Å². The average Bonchev–Trinajstić information content (AvgIpc) is 2.87. The first kappa shape index (κ1) is 25.5. The highest BCUT2D eigenvalue weighted by atomic mass is 35.5. The number of halogens is 2. The zero-order chi connectivity index (χ0) is 25.5. The van der Waals surface area contributed by atoms with Crippen molar-refractivity contribution in [1.82, 2.24) is 0 Å². The van der Waals surface area contributed by atoms with E-state index in [1.165, 1.54) is 12.1 Å². The molecule has 1 N–H and O–H groups in total. The molecule has 0 unspecified atom stereocenters. The molecule has 0 amide bonds. The molecule has 0 saturated carbocycles. The van der Waals surface area contributed by atoms with Gasteiger partial charge in [-0.2, -0.15) is 0 Å². The van der Waals surface area contributed by atoms with E-state index in [0.717, 1.165) is 38.3 Å². The number of ether oxygens (including phenoxy) is 1. The highest BCUT2D eigenvalue weighted by Crippen LogP contribution is 2.30. The Hall–Kier alpha value is -3.54. The molecule has 36 heavy (non-hydrogen) atoms. The molecule has 0 atom stereocenters. The van der Waals surface area contributed by atoms with Crippen LogP contribution in [0.5, 0.6) is 5.75 Å². The van der Waals surface area contributed by atoms with Crippen LogP contribution in [0.25, 0.3) is 16.7 Å². The third-order valence-corrected chi connectivity index (χ3v) is 6.74. The SMILES string of the molecule is Cc1cc(SCC=C(c2ccc(F)cc2)c2ccc(-c3ccc(Cl)cc3)cc2)ccc1OCC(=O)O. The largest absolute Gasteiger partial charge is 0.482 e. The van der Waals surface area contributed by atoms with Gasteiger partial charge in [-0.25, -0.2) is 9.18 Å². The van der Waals surface area contributed by atoms with Crippen LogP contribution in [0.2, 0.25) is 5.02 Å². The summed E-state index contributed by atoms with van der Waals surface area (Å²) >= 11 is 7.67. The third kappa shape index (κ3) is 6.78. The summed E-state index contributed by atoms with van der Waals surface area (Å²) in [6, 6.07) is 28.2. The van der Waals surface area contributed by atoms with E-state index in [1.807, 2.05) is 43.3 Å². The Bertz CT molecular complexity index is 1370. The summed E-state index contributed by atoms with van der Waals surface area (Å²) in [6.07, 6.45) is 2.14. The van der Waals surface area contributed by atoms with E-state index in [0.29, 0.717) is 16.5 Å². The summed E-state index contributed by atoms with van der Waals surface area (Å²) in [7, 11) is 0. The lowest BCUT2D eigenvalue weighted by Gasteiger charge is -2.11. The van der Waals surface area contributed by atoms with Gasteiger partial charge in [0.1, 0.15) is 11.6 Å². The van der Waals surface area contributed by atoms with Crippen molar-refractivity contribution >= 4 is 34.9 Å². The van der Waals surface area contributed by atoms with Crippen molar-refractivity contribution in [1.29, 1.82) is 0 Å². The van der Waals surface area contributed by atoms with Gasteiger partial charge in [0.05, 0.1) is 0 Å². The first-order valence-electron chi connectivity index (χ1n) is 11.3. The van der Waals surface area contributed by atoms with Gasteiger partial charge in [-0.1, -0.05) is 66.2 Å². The zero-order valence-electron chi connectivity index (χ0n) is 19.6. The molecule has 0 radical (unpaired) electrons. The number of hydrogen-bond acceptors (Lipinski definition) is 3. The molecule has 0 saturated heterocycles. The van der Waals surface area contributed by atoms with Gasteiger partial charge < -0.3 is 9.84 Å². The van der Waals surface area contributed by atoms with Crippen molar-refractivity contribution in [2.75, 3.05) is 12.4 Å². The summed E-state index contributed by atoms with van der Waals surface area (Å²) in [6.45, 7) is 1.52. The molecule has 0 aliphatic rings. The molecule has 0 aromatic heterocycles. The predicted octanol–water partition coefficient (Wildman–Crippen LogP) is 8.14. The Morgan fingerprint density at radius 3 is 2.08 bits per heavy atom. The molecular formula is C30H24ClFO3S. The molecule has 0 spiro atoms. The maximum atomic E-state index is 13.6. The summed E-state index contributed by atoms with van der Waals surface area (Å²) < 4.78 is 18.9. The average molecular weight is 519 g/mol. The molecule has 6 heteroatoms. The normalized spacial score (nSPS) is 11.4. The fourth-order valence-electron chi connectivity index (χ4n) is 3.75. The van der Waals surface area contributed by atoms with Crippen molar-refractivity contribution in [3.05, 3.63) is 125 Å². The molecule has 0 fully saturated rings. The second-order valence-electron chi connectivity index (χ2n) is 8.13. The van der Waals surface area contributed by atoms with Gasteiger partial charge >= 0.3 is 5.97 Å². The van der Waals surface area contributed by atoms with Gasteiger partial charge in [0.25, 0.3) is 0 Å². The molecular weight excluding hydrogens is 495 g/mol. The number of hydrogen-bond donors (Lipinski definition) is 1. The number of carboxylic acids is 1. The number of thioether (sulfide) groups is 1. The minimum atomic E-state index is -1.01. The predicted molar refractivity (Wildman–Crippen MR) is 145 cm³/mol. The van der Waals surface area contributed by atoms with E-state index in [9.17, 15) is 9.18 Å².